The van der Waals surface area contributed by atoms with Crippen LogP contribution in [0.4, 0.5) is 5.82 Å². The van der Waals surface area contributed by atoms with E-state index in [1.807, 2.05) is 11.8 Å². The van der Waals surface area contributed by atoms with Crippen LogP contribution < -0.4 is 10.5 Å². The fraction of sp³-hybridized carbons (Fsp3) is 0.619. The van der Waals surface area contributed by atoms with Gasteiger partial charge in [-0.25, -0.2) is 14.6 Å². The van der Waals surface area contributed by atoms with Crippen LogP contribution in [0.5, 0.6) is 0 Å². The Labute approximate surface area is 175 Å². The highest BCUT2D eigenvalue weighted by molar-refractivity contribution is 7.98. The van der Waals surface area contributed by atoms with Crippen LogP contribution in [0.3, 0.4) is 0 Å². The molecule has 7 nitrogen and oxygen atoms in total. The Kier molecular flexibility index (Phi) is 5.54. The third kappa shape index (κ3) is 4.19. The van der Waals surface area contributed by atoms with Crippen LogP contribution in [0.1, 0.15) is 42.1 Å². The van der Waals surface area contributed by atoms with Crippen LogP contribution in [-0.4, -0.2) is 63.1 Å². The summed E-state index contributed by atoms with van der Waals surface area (Å²) >= 11 is 1.88. The molecule has 8 heteroatoms. The Balaban J connectivity index is 1.16. The van der Waals surface area contributed by atoms with Gasteiger partial charge >= 0.3 is 0 Å². The van der Waals surface area contributed by atoms with Gasteiger partial charge in [0.1, 0.15) is 12.1 Å². The zero-order chi connectivity index (χ0) is 19.6. The lowest BCUT2D eigenvalue weighted by atomic mass is 9.83. The van der Waals surface area contributed by atoms with Crippen LogP contribution in [0.2, 0.25) is 0 Å². The molecule has 0 radical (unpaired) electrons. The average molecular weight is 413 g/mol. The fourth-order valence-corrected chi connectivity index (χ4v) is 5.26. The van der Waals surface area contributed by atoms with Crippen molar-refractivity contribution in [2.24, 2.45) is 0 Å². The van der Waals surface area contributed by atoms with Crippen molar-refractivity contribution in [2.75, 3.05) is 43.4 Å². The summed E-state index contributed by atoms with van der Waals surface area (Å²) in [5.41, 5.74) is 3.48. The summed E-state index contributed by atoms with van der Waals surface area (Å²) in [5.74, 6) is 3.73. The number of hydrogen-bond acceptors (Lipinski definition) is 7. The Hall–Kier alpha value is -1.93. The number of anilines is 1. The van der Waals surface area contributed by atoms with E-state index >= 15 is 0 Å². The largest absolute Gasteiger partial charge is 0.354 e. The molecule has 3 aliphatic rings. The van der Waals surface area contributed by atoms with Crippen molar-refractivity contribution >= 4 is 17.6 Å². The first kappa shape index (κ1) is 19.1. The summed E-state index contributed by atoms with van der Waals surface area (Å²) in [7, 11) is 0. The van der Waals surface area contributed by atoms with Crippen LogP contribution in [-0.2, 0) is 18.7 Å². The zero-order valence-electron chi connectivity index (χ0n) is 16.8. The van der Waals surface area contributed by atoms with Gasteiger partial charge < -0.3 is 4.90 Å². The van der Waals surface area contributed by atoms with E-state index in [2.05, 4.69) is 30.9 Å². The highest BCUT2D eigenvalue weighted by Crippen LogP contribution is 2.35. The molecule has 0 unspecified atom stereocenters. The second kappa shape index (κ2) is 8.44. The lowest BCUT2D eigenvalue weighted by molar-refractivity contribution is 0.242. The van der Waals surface area contributed by atoms with E-state index in [0.29, 0.717) is 12.5 Å². The molecule has 2 aromatic rings. The molecule has 5 rings (SSSR count). The number of rotatable bonds is 5. The lowest BCUT2D eigenvalue weighted by Gasteiger charge is -2.35. The number of fused-ring (bicyclic) bond motifs is 1. The minimum Gasteiger partial charge on any atom is -0.354 e. The second-order valence-electron chi connectivity index (χ2n) is 8.24. The minimum atomic E-state index is 0.0365. The standard InChI is InChI=1S/C21H28N6OS/c28-21-12-17-14-29-11-4-18(17)24-27(21)10-7-25-5-8-26(9-6-25)20-13-19(22-15-23-20)16-2-1-3-16/h12-13,15-16H,1-11,14H2. The molecule has 1 saturated carbocycles. The minimum absolute atomic E-state index is 0.0365. The van der Waals surface area contributed by atoms with Crippen LogP contribution in [0.15, 0.2) is 23.3 Å². The molecule has 4 heterocycles. The number of aromatic nitrogens is 4. The average Bonchev–Trinajstić information content (AvgIpc) is 2.72. The van der Waals surface area contributed by atoms with Crippen LogP contribution in [0.25, 0.3) is 0 Å². The maximum atomic E-state index is 12.4. The molecule has 0 spiro atoms. The van der Waals surface area contributed by atoms with Crippen molar-refractivity contribution in [1.82, 2.24) is 24.6 Å². The van der Waals surface area contributed by atoms with Crippen molar-refractivity contribution in [3.8, 4) is 0 Å². The topological polar surface area (TPSA) is 67.2 Å². The number of nitrogens with zero attached hydrogens (tertiary/aromatic N) is 6. The summed E-state index contributed by atoms with van der Waals surface area (Å²) in [6.45, 7) is 5.43. The smallest absolute Gasteiger partial charge is 0.267 e. The normalized spacial score (nSPS) is 20.3. The Morgan fingerprint density at radius 1 is 1.07 bits per heavy atom. The highest BCUT2D eigenvalue weighted by Gasteiger charge is 2.23. The molecular formula is C21H28N6OS. The van der Waals surface area contributed by atoms with Gasteiger partial charge in [0.05, 0.1) is 12.2 Å². The molecule has 1 saturated heterocycles. The molecule has 154 valence electrons. The first-order valence-electron chi connectivity index (χ1n) is 10.7. The first-order chi connectivity index (χ1) is 14.3. The summed E-state index contributed by atoms with van der Waals surface area (Å²) in [6, 6.07) is 3.98. The first-order valence-corrected chi connectivity index (χ1v) is 11.9. The van der Waals surface area contributed by atoms with Crippen molar-refractivity contribution in [1.29, 1.82) is 0 Å². The third-order valence-electron chi connectivity index (χ3n) is 6.43. The molecule has 0 bridgehead atoms. The second-order valence-corrected chi connectivity index (χ2v) is 9.34. The maximum Gasteiger partial charge on any atom is 0.267 e. The third-order valence-corrected chi connectivity index (χ3v) is 7.43. The van der Waals surface area contributed by atoms with Gasteiger partial charge in [0.25, 0.3) is 5.56 Å². The lowest BCUT2D eigenvalue weighted by Crippen LogP contribution is -2.48. The van der Waals surface area contributed by atoms with Crippen molar-refractivity contribution in [3.63, 3.8) is 0 Å². The van der Waals surface area contributed by atoms with E-state index in [-0.39, 0.29) is 5.56 Å². The molecule has 0 aromatic carbocycles. The predicted molar refractivity (Wildman–Crippen MR) is 116 cm³/mol. The molecule has 29 heavy (non-hydrogen) atoms. The zero-order valence-corrected chi connectivity index (χ0v) is 17.6. The van der Waals surface area contributed by atoms with E-state index in [0.717, 1.165) is 67.7 Å². The number of thioether (sulfide) groups is 1. The van der Waals surface area contributed by atoms with Gasteiger partial charge in [-0.3, -0.25) is 9.69 Å². The fourth-order valence-electron chi connectivity index (χ4n) is 4.31. The van der Waals surface area contributed by atoms with Gasteiger partial charge in [-0.2, -0.15) is 16.9 Å². The molecule has 0 amide bonds. The molecule has 0 N–H and O–H groups in total. The van der Waals surface area contributed by atoms with Crippen molar-refractivity contribution in [2.45, 2.75) is 43.9 Å². The van der Waals surface area contributed by atoms with Crippen LogP contribution >= 0.6 is 11.8 Å². The monoisotopic (exact) mass is 412 g/mol. The van der Waals surface area contributed by atoms with E-state index in [9.17, 15) is 4.79 Å². The number of piperazine rings is 1. The molecular weight excluding hydrogens is 384 g/mol. The molecule has 0 atom stereocenters. The van der Waals surface area contributed by atoms with E-state index < -0.39 is 0 Å². The van der Waals surface area contributed by atoms with Gasteiger partial charge in [-0.05, 0) is 24.2 Å². The van der Waals surface area contributed by atoms with Gasteiger partial charge in [-0.15, -0.1) is 0 Å². The van der Waals surface area contributed by atoms with E-state index in [4.69, 9.17) is 0 Å². The van der Waals surface area contributed by atoms with Gasteiger partial charge in [0.15, 0.2) is 0 Å². The van der Waals surface area contributed by atoms with E-state index in [1.165, 1.54) is 25.0 Å². The summed E-state index contributed by atoms with van der Waals surface area (Å²) in [5, 5.41) is 4.64. The van der Waals surface area contributed by atoms with Crippen LogP contribution in [0, 0.1) is 0 Å². The molecule has 2 aliphatic heterocycles. The summed E-state index contributed by atoms with van der Waals surface area (Å²) in [4.78, 5) is 26.2. The van der Waals surface area contributed by atoms with Crippen molar-refractivity contribution < 1.29 is 0 Å². The Bertz CT molecular complexity index is 920. The van der Waals surface area contributed by atoms with Gasteiger partial charge in [0.2, 0.25) is 0 Å². The molecule has 2 fully saturated rings. The SMILES string of the molecule is O=c1cc2c(nn1CCN1CCN(c3cc(C4CCC4)ncn3)CC1)CCSC2. The number of aryl methyl sites for hydroxylation is 1. The molecule has 2 aromatic heterocycles. The predicted octanol–water partition coefficient (Wildman–Crippen LogP) is 1.91. The summed E-state index contributed by atoms with van der Waals surface area (Å²) in [6.07, 6.45) is 6.55. The maximum absolute atomic E-state index is 12.4. The Morgan fingerprint density at radius 2 is 1.93 bits per heavy atom. The van der Waals surface area contributed by atoms with Gasteiger partial charge in [0, 0.05) is 68.6 Å². The summed E-state index contributed by atoms with van der Waals surface area (Å²) < 4.78 is 1.66. The molecule has 1 aliphatic carbocycles. The highest BCUT2D eigenvalue weighted by atomic mass is 32.2. The number of hydrogen-bond donors (Lipinski definition) is 0. The Morgan fingerprint density at radius 3 is 2.72 bits per heavy atom. The van der Waals surface area contributed by atoms with Gasteiger partial charge in [-0.1, -0.05) is 6.42 Å². The van der Waals surface area contributed by atoms with E-state index in [1.54, 1.807) is 17.1 Å². The van der Waals surface area contributed by atoms with Crippen molar-refractivity contribution in [3.05, 3.63) is 45.8 Å². The quantitative estimate of drug-likeness (QED) is 0.743.